The number of hydrogen-bond acceptors (Lipinski definition) is 6. The van der Waals surface area contributed by atoms with Gasteiger partial charge in [0.2, 0.25) is 5.82 Å². The van der Waals surface area contributed by atoms with Crippen LogP contribution in [0.1, 0.15) is 18.4 Å². The van der Waals surface area contributed by atoms with Crippen molar-refractivity contribution < 1.29 is 9.26 Å². The Hall–Kier alpha value is -2.48. The average molecular weight is 300 g/mol. The van der Waals surface area contributed by atoms with E-state index in [0.717, 1.165) is 13.0 Å². The molecular weight excluding hydrogens is 284 g/mol. The molecule has 0 unspecified atom stereocenters. The van der Waals surface area contributed by atoms with E-state index in [0.29, 0.717) is 30.1 Å². The van der Waals surface area contributed by atoms with Crippen LogP contribution in [-0.2, 0) is 18.3 Å². The minimum atomic E-state index is -0.177. The van der Waals surface area contributed by atoms with Crippen molar-refractivity contribution in [1.82, 2.24) is 29.2 Å². The number of imidazole rings is 2. The molecule has 3 aromatic rings. The first-order chi connectivity index (χ1) is 10.8. The summed E-state index contributed by atoms with van der Waals surface area (Å²) in [6, 6.07) is 0. The summed E-state index contributed by atoms with van der Waals surface area (Å²) < 4.78 is 15.1. The third kappa shape index (κ3) is 2.31. The molecule has 0 spiro atoms. The smallest absolute Gasteiger partial charge is 0.256 e. The van der Waals surface area contributed by atoms with Crippen molar-refractivity contribution in [3.63, 3.8) is 0 Å². The molecule has 8 nitrogen and oxygen atoms in total. The monoisotopic (exact) mass is 300 g/mol. The van der Waals surface area contributed by atoms with Crippen molar-refractivity contribution in [1.29, 1.82) is 0 Å². The normalized spacial score (nSPS) is 21.5. The second-order valence-electron chi connectivity index (χ2n) is 5.42. The molecule has 4 rings (SSSR count). The summed E-state index contributed by atoms with van der Waals surface area (Å²) >= 11 is 0. The molecule has 0 bridgehead atoms. The van der Waals surface area contributed by atoms with Crippen molar-refractivity contribution in [2.75, 3.05) is 6.61 Å². The quantitative estimate of drug-likeness (QED) is 0.725. The SMILES string of the molecule is Cn1ccnc1-c1noc([C@H]2OCC[C@H]2Cn2ccnc2)n1. The van der Waals surface area contributed by atoms with E-state index in [1.807, 2.05) is 34.9 Å². The second-order valence-corrected chi connectivity index (χ2v) is 5.42. The van der Waals surface area contributed by atoms with Gasteiger partial charge in [-0.15, -0.1) is 0 Å². The van der Waals surface area contributed by atoms with Gasteiger partial charge in [0.05, 0.1) is 6.33 Å². The highest BCUT2D eigenvalue weighted by Gasteiger charge is 2.34. The van der Waals surface area contributed by atoms with Crippen LogP contribution in [0.5, 0.6) is 0 Å². The molecule has 0 saturated carbocycles. The lowest BCUT2D eigenvalue weighted by atomic mass is 10.0. The number of ether oxygens (including phenoxy) is 1. The van der Waals surface area contributed by atoms with Gasteiger partial charge < -0.3 is 18.4 Å². The van der Waals surface area contributed by atoms with E-state index in [2.05, 4.69) is 20.1 Å². The molecule has 1 fully saturated rings. The Labute approximate surface area is 126 Å². The van der Waals surface area contributed by atoms with Crippen LogP contribution < -0.4 is 0 Å². The third-order valence-electron chi connectivity index (χ3n) is 3.93. The van der Waals surface area contributed by atoms with Crippen LogP contribution in [-0.4, -0.2) is 35.8 Å². The van der Waals surface area contributed by atoms with Gasteiger partial charge in [0.25, 0.3) is 5.89 Å². The molecule has 0 aromatic carbocycles. The number of aryl methyl sites for hydroxylation is 1. The molecule has 1 saturated heterocycles. The van der Waals surface area contributed by atoms with Crippen molar-refractivity contribution >= 4 is 0 Å². The van der Waals surface area contributed by atoms with Crippen molar-refractivity contribution in [2.45, 2.75) is 19.1 Å². The van der Waals surface area contributed by atoms with Gasteiger partial charge in [-0.25, -0.2) is 9.97 Å². The fraction of sp³-hybridized carbons (Fsp3) is 0.429. The van der Waals surface area contributed by atoms with Crippen LogP contribution in [0.2, 0.25) is 0 Å². The first-order valence-corrected chi connectivity index (χ1v) is 7.20. The summed E-state index contributed by atoms with van der Waals surface area (Å²) in [5.74, 6) is 1.98. The standard InChI is InChI=1S/C14H16N6O2/c1-19-5-4-16-13(19)12-17-14(22-18-12)11-10(2-7-21-11)8-20-6-3-15-9-20/h3-6,9-11H,2,7-8H2,1H3/t10-,11-/m0/s1. The summed E-state index contributed by atoms with van der Waals surface area (Å²) in [6.45, 7) is 1.52. The van der Waals surface area contributed by atoms with Gasteiger partial charge in [-0.1, -0.05) is 5.16 Å². The van der Waals surface area contributed by atoms with Gasteiger partial charge in [0, 0.05) is 50.9 Å². The lowest BCUT2D eigenvalue weighted by Gasteiger charge is -2.15. The van der Waals surface area contributed by atoms with E-state index in [9.17, 15) is 0 Å². The molecule has 4 heterocycles. The average Bonchev–Trinajstić information content (AvgIpc) is 3.24. The van der Waals surface area contributed by atoms with Gasteiger partial charge in [-0.3, -0.25) is 0 Å². The van der Waals surface area contributed by atoms with Gasteiger partial charge in [-0.2, -0.15) is 4.98 Å². The second kappa shape index (κ2) is 5.38. The zero-order chi connectivity index (χ0) is 14.9. The van der Waals surface area contributed by atoms with Gasteiger partial charge in [0.1, 0.15) is 6.10 Å². The fourth-order valence-electron chi connectivity index (χ4n) is 2.78. The molecule has 0 amide bonds. The van der Waals surface area contributed by atoms with Crippen LogP contribution in [0.3, 0.4) is 0 Å². The Balaban J connectivity index is 1.56. The Morgan fingerprint density at radius 1 is 1.32 bits per heavy atom. The van der Waals surface area contributed by atoms with E-state index in [1.54, 1.807) is 12.4 Å². The van der Waals surface area contributed by atoms with Gasteiger partial charge in [-0.05, 0) is 6.42 Å². The van der Waals surface area contributed by atoms with Crippen molar-refractivity contribution in [3.05, 3.63) is 37.0 Å². The first-order valence-electron chi connectivity index (χ1n) is 7.20. The third-order valence-corrected chi connectivity index (χ3v) is 3.93. The highest BCUT2D eigenvalue weighted by molar-refractivity contribution is 5.42. The Kier molecular flexibility index (Phi) is 3.23. The maximum atomic E-state index is 5.80. The summed E-state index contributed by atoms with van der Waals surface area (Å²) in [5.41, 5.74) is 0. The van der Waals surface area contributed by atoms with Crippen LogP contribution in [0, 0.1) is 5.92 Å². The Morgan fingerprint density at radius 2 is 2.27 bits per heavy atom. The minimum Gasteiger partial charge on any atom is -0.368 e. The van der Waals surface area contributed by atoms with E-state index in [1.165, 1.54) is 0 Å². The van der Waals surface area contributed by atoms with Gasteiger partial charge in [0.15, 0.2) is 5.82 Å². The first kappa shape index (κ1) is 13.2. The lowest BCUT2D eigenvalue weighted by molar-refractivity contribution is 0.0587. The number of aromatic nitrogens is 6. The van der Waals surface area contributed by atoms with Crippen molar-refractivity contribution in [3.8, 4) is 11.6 Å². The summed E-state index contributed by atoms with van der Waals surface area (Å²) in [5, 5.41) is 4.03. The molecule has 0 N–H and O–H groups in total. The highest BCUT2D eigenvalue weighted by atomic mass is 16.5. The largest absolute Gasteiger partial charge is 0.368 e. The predicted molar refractivity (Wildman–Crippen MR) is 75.5 cm³/mol. The van der Waals surface area contributed by atoms with Crippen molar-refractivity contribution in [2.24, 2.45) is 13.0 Å². The molecule has 114 valence electrons. The number of hydrogen-bond donors (Lipinski definition) is 0. The summed E-state index contributed by atoms with van der Waals surface area (Å²) in [4.78, 5) is 12.8. The number of nitrogens with zero attached hydrogens (tertiary/aromatic N) is 6. The van der Waals surface area contributed by atoms with Crippen LogP contribution in [0.15, 0.2) is 35.6 Å². The summed E-state index contributed by atoms with van der Waals surface area (Å²) in [7, 11) is 1.90. The maximum absolute atomic E-state index is 5.80. The predicted octanol–water partition coefficient (Wildman–Crippen LogP) is 1.44. The van der Waals surface area contributed by atoms with E-state index in [4.69, 9.17) is 9.26 Å². The zero-order valence-corrected chi connectivity index (χ0v) is 12.2. The molecule has 3 aromatic heterocycles. The van der Waals surface area contributed by atoms with Crippen LogP contribution in [0.4, 0.5) is 0 Å². The topological polar surface area (TPSA) is 83.8 Å². The van der Waals surface area contributed by atoms with E-state index in [-0.39, 0.29) is 6.10 Å². The minimum absolute atomic E-state index is 0.177. The summed E-state index contributed by atoms with van der Waals surface area (Å²) in [6.07, 6.45) is 9.87. The van der Waals surface area contributed by atoms with E-state index >= 15 is 0 Å². The molecule has 1 aliphatic heterocycles. The maximum Gasteiger partial charge on any atom is 0.256 e. The number of rotatable bonds is 4. The molecule has 0 aliphatic carbocycles. The Morgan fingerprint density at radius 3 is 3.05 bits per heavy atom. The zero-order valence-electron chi connectivity index (χ0n) is 12.2. The Bertz CT molecular complexity index is 747. The van der Waals surface area contributed by atoms with Gasteiger partial charge >= 0.3 is 0 Å². The lowest BCUT2D eigenvalue weighted by Crippen LogP contribution is -2.14. The molecule has 1 aliphatic rings. The molecule has 0 radical (unpaired) electrons. The molecule has 2 atom stereocenters. The van der Waals surface area contributed by atoms with Crippen LogP contribution >= 0.6 is 0 Å². The fourth-order valence-corrected chi connectivity index (χ4v) is 2.78. The molecular formula is C14H16N6O2. The van der Waals surface area contributed by atoms with Crippen LogP contribution in [0.25, 0.3) is 11.6 Å². The molecule has 22 heavy (non-hydrogen) atoms. The molecule has 8 heteroatoms. The highest BCUT2D eigenvalue weighted by Crippen LogP contribution is 2.35. The van der Waals surface area contributed by atoms with E-state index < -0.39 is 0 Å².